The fourth-order valence-corrected chi connectivity index (χ4v) is 1.57. The molecule has 21 heavy (non-hydrogen) atoms. The van der Waals surface area contributed by atoms with Crippen LogP contribution in [0.4, 0.5) is 0 Å². The first kappa shape index (κ1) is 15.7. The van der Waals surface area contributed by atoms with E-state index >= 15 is 0 Å². The molecule has 2 heterocycles. The normalized spacial score (nSPS) is 12.5. The van der Waals surface area contributed by atoms with Crippen molar-refractivity contribution in [3.8, 4) is 5.82 Å². The van der Waals surface area contributed by atoms with Crippen molar-refractivity contribution in [3.63, 3.8) is 0 Å². The Hall–Kier alpha value is -1.70. The second-order valence-corrected chi connectivity index (χ2v) is 5.94. The van der Waals surface area contributed by atoms with Gasteiger partial charge in [0.15, 0.2) is 5.82 Å². The SMILES string of the molecule is CC(C)(O)C(C)(C)OB(O)c1ccc(-n2cccn2)nc1. The number of nitrogens with zero attached hydrogens (tertiary/aromatic N) is 3. The molecule has 2 N–H and O–H groups in total. The van der Waals surface area contributed by atoms with Gasteiger partial charge in [0.05, 0.1) is 11.2 Å². The Morgan fingerprint density at radius 2 is 1.95 bits per heavy atom. The van der Waals surface area contributed by atoms with Gasteiger partial charge in [0, 0.05) is 24.1 Å². The molecule has 0 fully saturated rings. The average molecular weight is 289 g/mol. The zero-order chi connectivity index (χ0) is 15.7. The number of hydrogen-bond acceptors (Lipinski definition) is 5. The molecule has 0 aliphatic rings. The van der Waals surface area contributed by atoms with E-state index in [1.54, 1.807) is 63.0 Å². The maximum absolute atomic E-state index is 10.1. The molecule has 0 radical (unpaired) electrons. The minimum atomic E-state index is -1.16. The summed E-state index contributed by atoms with van der Waals surface area (Å²) < 4.78 is 7.18. The molecular weight excluding hydrogens is 269 g/mol. The van der Waals surface area contributed by atoms with Crippen LogP contribution in [0.15, 0.2) is 36.8 Å². The third kappa shape index (κ3) is 3.50. The molecule has 0 atom stereocenters. The van der Waals surface area contributed by atoms with Crippen LogP contribution >= 0.6 is 0 Å². The van der Waals surface area contributed by atoms with Crippen LogP contribution in [0.1, 0.15) is 27.7 Å². The highest BCUT2D eigenvalue weighted by Crippen LogP contribution is 2.25. The first-order valence-electron chi connectivity index (χ1n) is 6.75. The van der Waals surface area contributed by atoms with Crippen LogP contribution in [0, 0.1) is 0 Å². The molecule has 2 aromatic heterocycles. The van der Waals surface area contributed by atoms with E-state index in [1.165, 1.54) is 6.20 Å². The lowest BCUT2D eigenvalue weighted by Crippen LogP contribution is -2.53. The van der Waals surface area contributed by atoms with Crippen molar-refractivity contribution >= 4 is 12.6 Å². The molecule has 0 spiro atoms. The monoisotopic (exact) mass is 289 g/mol. The number of pyridine rings is 1. The lowest BCUT2D eigenvalue weighted by molar-refractivity contribution is -0.0982. The topological polar surface area (TPSA) is 80.4 Å². The molecule has 0 saturated carbocycles. The summed E-state index contributed by atoms with van der Waals surface area (Å²) >= 11 is 0. The maximum atomic E-state index is 10.1. The molecule has 6 nitrogen and oxygen atoms in total. The van der Waals surface area contributed by atoms with E-state index in [4.69, 9.17) is 4.65 Å². The van der Waals surface area contributed by atoms with E-state index in [9.17, 15) is 10.1 Å². The van der Waals surface area contributed by atoms with Crippen LogP contribution in [0.2, 0.25) is 0 Å². The Morgan fingerprint density at radius 3 is 2.43 bits per heavy atom. The zero-order valence-electron chi connectivity index (χ0n) is 12.7. The second-order valence-electron chi connectivity index (χ2n) is 5.94. The Kier molecular flexibility index (Phi) is 4.18. The van der Waals surface area contributed by atoms with Crippen LogP contribution in [0.3, 0.4) is 0 Å². The number of hydrogen-bond donors (Lipinski definition) is 2. The van der Waals surface area contributed by atoms with Gasteiger partial charge in [-0.25, -0.2) is 9.67 Å². The first-order chi connectivity index (χ1) is 9.71. The molecular formula is C14H20BN3O3. The molecule has 0 aliphatic heterocycles. The molecule has 0 aliphatic carbocycles. The lowest BCUT2D eigenvalue weighted by atomic mass is 9.77. The van der Waals surface area contributed by atoms with Crippen LogP contribution in [0.25, 0.3) is 5.82 Å². The maximum Gasteiger partial charge on any atom is 0.493 e. The van der Waals surface area contributed by atoms with Gasteiger partial charge >= 0.3 is 7.12 Å². The molecule has 2 rings (SSSR count). The fraction of sp³-hybridized carbons (Fsp3) is 0.429. The summed E-state index contributed by atoms with van der Waals surface area (Å²) in [5.74, 6) is 0.651. The fourth-order valence-electron chi connectivity index (χ4n) is 1.57. The summed E-state index contributed by atoms with van der Waals surface area (Å²) in [6.07, 6.45) is 4.98. The summed E-state index contributed by atoms with van der Waals surface area (Å²) in [5, 5.41) is 24.3. The van der Waals surface area contributed by atoms with Crippen molar-refractivity contribution in [1.82, 2.24) is 14.8 Å². The van der Waals surface area contributed by atoms with E-state index in [0.29, 0.717) is 11.3 Å². The van der Waals surface area contributed by atoms with Gasteiger partial charge in [0.2, 0.25) is 0 Å². The van der Waals surface area contributed by atoms with Crippen LogP contribution in [0.5, 0.6) is 0 Å². The van der Waals surface area contributed by atoms with E-state index in [0.717, 1.165) is 0 Å². The minimum absolute atomic E-state index is 0.517. The summed E-state index contributed by atoms with van der Waals surface area (Å²) in [6.45, 7) is 6.72. The standard InChI is InChI=1S/C14H20BN3O3/c1-13(2,19)14(3,4)21-15(20)11-6-7-12(16-10-11)18-9-5-8-17-18/h5-10,19-20H,1-4H3. The lowest BCUT2D eigenvalue weighted by Gasteiger charge is -2.38. The van der Waals surface area contributed by atoms with E-state index in [-0.39, 0.29) is 0 Å². The van der Waals surface area contributed by atoms with Crippen molar-refractivity contribution in [2.75, 3.05) is 0 Å². The van der Waals surface area contributed by atoms with Gasteiger partial charge in [-0.3, -0.25) is 0 Å². The van der Waals surface area contributed by atoms with Crippen molar-refractivity contribution in [2.24, 2.45) is 0 Å². The van der Waals surface area contributed by atoms with Gasteiger partial charge in [-0.2, -0.15) is 5.10 Å². The Labute approximate surface area is 124 Å². The molecule has 0 amide bonds. The van der Waals surface area contributed by atoms with Crippen molar-refractivity contribution in [2.45, 2.75) is 38.9 Å². The first-order valence-corrected chi connectivity index (χ1v) is 6.75. The average Bonchev–Trinajstić information content (AvgIpc) is 2.91. The van der Waals surface area contributed by atoms with Gasteiger partial charge in [-0.1, -0.05) is 6.07 Å². The highest BCUT2D eigenvalue weighted by Gasteiger charge is 2.39. The summed E-state index contributed by atoms with van der Waals surface area (Å²) in [4.78, 5) is 4.23. The van der Waals surface area contributed by atoms with Crippen LogP contribution in [-0.2, 0) is 4.65 Å². The molecule has 2 aromatic rings. The quantitative estimate of drug-likeness (QED) is 0.784. The van der Waals surface area contributed by atoms with Crippen molar-refractivity contribution in [1.29, 1.82) is 0 Å². The third-order valence-corrected chi connectivity index (χ3v) is 3.67. The number of rotatable bonds is 5. The second kappa shape index (κ2) is 5.59. The summed E-state index contributed by atoms with van der Waals surface area (Å²) in [7, 11) is -1.16. The zero-order valence-corrected chi connectivity index (χ0v) is 12.7. The molecule has 7 heteroatoms. The van der Waals surface area contributed by atoms with Gasteiger partial charge in [0.1, 0.15) is 0 Å². The molecule has 112 valence electrons. The largest absolute Gasteiger partial charge is 0.493 e. The van der Waals surface area contributed by atoms with Gasteiger partial charge in [-0.05, 0) is 39.8 Å². The minimum Gasteiger partial charge on any atom is -0.423 e. The van der Waals surface area contributed by atoms with Gasteiger partial charge < -0.3 is 14.8 Å². The highest BCUT2D eigenvalue weighted by molar-refractivity contribution is 6.60. The van der Waals surface area contributed by atoms with Crippen LogP contribution < -0.4 is 5.46 Å². The van der Waals surface area contributed by atoms with E-state index in [2.05, 4.69) is 10.1 Å². The Morgan fingerprint density at radius 1 is 1.24 bits per heavy atom. The van der Waals surface area contributed by atoms with Crippen molar-refractivity contribution < 1.29 is 14.8 Å². The Balaban J connectivity index is 2.12. The Bertz CT molecular complexity index is 577. The number of aliphatic hydroxyl groups is 1. The summed E-state index contributed by atoms with van der Waals surface area (Å²) in [5.41, 5.74) is -1.48. The van der Waals surface area contributed by atoms with Crippen molar-refractivity contribution in [3.05, 3.63) is 36.8 Å². The van der Waals surface area contributed by atoms with E-state index in [1.807, 2.05) is 0 Å². The van der Waals surface area contributed by atoms with Gasteiger partial charge in [0.25, 0.3) is 0 Å². The highest BCUT2D eigenvalue weighted by atomic mass is 16.5. The molecule has 0 bridgehead atoms. The predicted molar refractivity (Wildman–Crippen MR) is 80.4 cm³/mol. The molecule has 0 unspecified atom stereocenters. The van der Waals surface area contributed by atoms with Crippen LogP contribution in [-0.4, -0.2) is 43.2 Å². The molecule has 0 saturated heterocycles. The van der Waals surface area contributed by atoms with Gasteiger partial charge in [-0.15, -0.1) is 0 Å². The number of aromatic nitrogens is 3. The predicted octanol–water partition coefficient (Wildman–Crippen LogP) is 0.521. The third-order valence-electron chi connectivity index (χ3n) is 3.67. The summed E-state index contributed by atoms with van der Waals surface area (Å²) in [6, 6.07) is 5.26. The van der Waals surface area contributed by atoms with E-state index < -0.39 is 18.3 Å². The molecule has 0 aromatic carbocycles. The smallest absolute Gasteiger partial charge is 0.423 e.